The van der Waals surface area contributed by atoms with Gasteiger partial charge in [-0.25, -0.2) is 9.97 Å². The van der Waals surface area contributed by atoms with Crippen molar-refractivity contribution in [2.45, 2.75) is 43.8 Å². The van der Waals surface area contributed by atoms with Crippen LogP contribution >= 0.6 is 0 Å². The molecule has 6 rings (SSSR count). The van der Waals surface area contributed by atoms with Crippen LogP contribution in [0.2, 0.25) is 0 Å². The highest BCUT2D eigenvalue weighted by Crippen LogP contribution is 2.59. The maximum atomic E-state index is 6.24. The quantitative estimate of drug-likeness (QED) is 0.616. The maximum absolute atomic E-state index is 6.24. The first-order valence-corrected chi connectivity index (χ1v) is 11.3. The SMILES string of the molecule is C[C@H]1[C@@H]2CCc3cnc(-c4cccnc4)nc3[C@@]2(c2ccccc2)CCC12OCCO2. The van der Waals surface area contributed by atoms with E-state index < -0.39 is 5.79 Å². The Bertz CT molecular complexity index is 1080. The monoisotopic (exact) mass is 413 g/mol. The molecule has 1 saturated heterocycles. The Kier molecular flexibility index (Phi) is 4.44. The van der Waals surface area contributed by atoms with Crippen LogP contribution in [0.4, 0.5) is 0 Å². The first-order valence-electron chi connectivity index (χ1n) is 11.3. The van der Waals surface area contributed by atoms with Crippen molar-refractivity contribution < 1.29 is 9.47 Å². The molecule has 0 bridgehead atoms. The zero-order valence-corrected chi connectivity index (χ0v) is 17.8. The molecule has 3 aliphatic rings. The number of ether oxygens (including phenoxy) is 2. The molecule has 5 nitrogen and oxygen atoms in total. The third kappa shape index (κ3) is 2.80. The molecular formula is C26H27N3O2. The fourth-order valence-electron chi connectivity index (χ4n) is 6.34. The van der Waals surface area contributed by atoms with Crippen molar-refractivity contribution in [2.24, 2.45) is 11.8 Å². The fraction of sp³-hybridized carbons (Fsp3) is 0.423. The molecule has 0 radical (unpaired) electrons. The number of aryl methyl sites for hydroxylation is 1. The van der Waals surface area contributed by atoms with Crippen LogP contribution in [0.25, 0.3) is 11.4 Å². The van der Waals surface area contributed by atoms with E-state index in [1.165, 1.54) is 16.8 Å². The molecule has 0 unspecified atom stereocenters. The Balaban J connectivity index is 1.54. The molecule has 1 aliphatic heterocycles. The van der Waals surface area contributed by atoms with Gasteiger partial charge in [-0.2, -0.15) is 0 Å². The zero-order chi connectivity index (χ0) is 20.9. The van der Waals surface area contributed by atoms with Gasteiger partial charge in [-0.05, 0) is 48.4 Å². The minimum absolute atomic E-state index is 0.158. The molecule has 5 heteroatoms. The summed E-state index contributed by atoms with van der Waals surface area (Å²) in [5, 5.41) is 0. The number of hydrogen-bond donors (Lipinski definition) is 0. The first kappa shape index (κ1) is 19.1. The van der Waals surface area contributed by atoms with Crippen molar-refractivity contribution in [3.63, 3.8) is 0 Å². The van der Waals surface area contributed by atoms with Crippen LogP contribution in [0.5, 0.6) is 0 Å². The molecule has 3 heterocycles. The van der Waals surface area contributed by atoms with Crippen LogP contribution in [0.3, 0.4) is 0 Å². The lowest BCUT2D eigenvalue weighted by Gasteiger charge is -2.55. The topological polar surface area (TPSA) is 57.1 Å². The largest absolute Gasteiger partial charge is 0.347 e. The van der Waals surface area contributed by atoms with E-state index in [0.29, 0.717) is 19.1 Å². The average molecular weight is 414 g/mol. The summed E-state index contributed by atoms with van der Waals surface area (Å²) in [5.74, 6) is 0.989. The molecule has 0 N–H and O–H groups in total. The third-order valence-electron chi connectivity index (χ3n) is 7.79. The first-order chi connectivity index (χ1) is 15.2. The molecule has 2 aliphatic carbocycles. The van der Waals surface area contributed by atoms with Crippen LogP contribution in [0, 0.1) is 11.8 Å². The molecule has 3 atom stereocenters. The van der Waals surface area contributed by atoms with E-state index in [-0.39, 0.29) is 11.3 Å². The van der Waals surface area contributed by atoms with E-state index in [1.54, 1.807) is 6.20 Å². The zero-order valence-electron chi connectivity index (χ0n) is 17.8. The van der Waals surface area contributed by atoms with Crippen molar-refractivity contribution in [3.8, 4) is 11.4 Å². The number of nitrogens with zero attached hydrogens (tertiary/aromatic N) is 3. The second-order valence-corrected chi connectivity index (χ2v) is 9.09. The van der Waals surface area contributed by atoms with Gasteiger partial charge in [0, 0.05) is 41.9 Å². The normalized spacial score (nSPS) is 28.8. The van der Waals surface area contributed by atoms with E-state index in [4.69, 9.17) is 19.4 Å². The number of benzene rings is 1. The predicted octanol–water partition coefficient (Wildman–Crippen LogP) is 4.56. The Morgan fingerprint density at radius 3 is 2.58 bits per heavy atom. The van der Waals surface area contributed by atoms with Crippen LogP contribution in [0.1, 0.15) is 43.0 Å². The predicted molar refractivity (Wildman–Crippen MR) is 117 cm³/mol. The number of hydrogen-bond acceptors (Lipinski definition) is 5. The van der Waals surface area contributed by atoms with Gasteiger partial charge < -0.3 is 9.47 Å². The summed E-state index contributed by atoms with van der Waals surface area (Å²) in [6.07, 6.45) is 9.59. The number of aromatic nitrogens is 3. The second-order valence-electron chi connectivity index (χ2n) is 9.09. The van der Waals surface area contributed by atoms with Gasteiger partial charge in [0.25, 0.3) is 0 Å². The molecule has 1 spiro atoms. The molecule has 1 saturated carbocycles. The van der Waals surface area contributed by atoms with Gasteiger partial charge in [-0.1, -0.05) is 37.3 Å². The van der Waals surface area contributed by atoms with Crippen molar-refractivity contribution >= 4 is 0 Å². The lowest BCUT2D eigenvalue weighted by molar-refractivity contribution is -0.232. The second kappa shape index (κ2) is 7.21. The molecular weight excluding hydrogens is 386 g/mol. The highest BCUT2D eigenvalue weighted by molar-refractivity contribution is 5.55. The van der Waals surface area contributed by atoms with Gasteiger partial charge in [0.2, 0.25) is 0 Å². The lowest BCUT2D eigenvalue weighted by atomic mass is 9.52. The van der Waals surface area contributed by atoms with E-state index in [9.17, 15) is 0 Å². The summed E-state index contributed by atoms with van der Waals surface area (Å²) in [6.45, 7) is 3.71. The number of rotatable bonds is 2. The fourth-order valence-corrected chi connectivity index (χ4v) is 6.34. The summed E-state index contributed by atoms with van der Waals surface area (Å²) >= 11 is 0. The number of fused-ring (bicyclic) bond motifs is 3. The van der Waals surface area contributed by atoms with Gasteiger partial charge >= 0.3 is 0 Å². The summed E-state index contributed by atoms with van der Waals surface area (Å²) in [6, 6.07) is 14.9. The highest BCUT2D eigenvalue weighted by atomic mass is 16.7. The molecule has 158 valence electrons. The highest BCUT2D eigenvalue weighted by Gasteiger charge is 2.60. The van der Waals surface area contributed by atoms with Crippen LogP contribution in [-0.4, -0.2) is 34.0 Å². The maximum Gasteiger partial charge on any atom is 0.171 e. The van der Waals surface area contributed by atoms with Gasteiger partial charge in [-0.3, -0.25) is 4.98 Å². The summed E-state index contributed by atoms with van der Waals surface area (Å²) < 4.78 is 12.5. The lowest BCUT2D eigenvalue weighted by Crippen LogP contribution is -2.57. The van der Waals surface area contributed by atoms with E-state index >= 15 is 0 Å². The van der Waals surface area contributed by atoms with Crippen molar-refractivity contribution in [2.75, 3.05) is 13.2 Å². The summed E-state index contributed by atoms with van der Waals surface area (Å²) in [7, 11) is 0. The van der Waals surface area contributed by atoms with Crippen molar-refractivity contribution in [1.82, 2.24) is 15.0 Å². The van der Waals surface area contributed by atoms with E-state index in [1.807, 2.05) is 24.5 Å². The Morgan fingerprint density at radius 1 is 0.968 bits per heavy atom. The molecule has 3 aromatic rings. The van der Waals surface area contributed by atoms with Crippen molar-refractivity contribution in [3.05, 3.63) is 77.9 Å². The van der Waals surface area contributed by atoms with Crippen molar-refractivity contribution in [1.29, 1.82) is 0 Å². The Hall–Kier alpha value is -2.63. The molecule has 2 fully saturated rings. The minimum Gasteiger partial charge on any atom is -0.347 e. The van der Waals surface area contributed by atoms with Gasteiger partial charge in [0.1, 0.15) is 0 Å². The third-order valence-corrected chi connectivity index (χ3v) is 7.79. The van der Waals surface area contributed by atoms with Gasteiger partial charge in [0.05, 0.1) is 18.9 Å². The van der Waals surface area contributed by atoms with Crippen LogP contribution in [0.15, 0.2) is 61.1 Å². The van der Waals surface area contributed by atoms with E-state index in [0.717, 1.165) is 37.1 Å². The summed E-state index contributed by atoms with van der Waals surface area (Å²) in [4.78, 5) is 14.2. The van der Waals surface area contributed by atoms with Crippen LogP contribution < -0.4 is 0 Å². The average Bonchev–Trinajstić information content (AvgIpc) is 3.32. The van der Waals surface area contributed by atoms with Gasteiger partial charge in [0.15, 0.2) is 11.6 Å². The standard InChI is InChI=1S/C26H27N3O2/c1-18-22-10-9-19-17-28-24(20-6-5-13-27-16-20)29-23(19)25(22,21-7-3-2-4-8-21)11-12-26(18)30-14-15-31-26/h2-8,13,16-18,22H,9-12,14-15H2,1H3/t18-,22-,25+/m0/s1. The van der Waals surface area contributed by atoms with Gasteiger partial charge in [-0.15, -0.1) is 0 Å². The molecule has 2 aromatic heterocycles. The smallest absolute Gasteiger partial charge is 0.171 e. The molecule has 0 amide bonds. The molecule has 1 aromatic carbocycles. The summed E-state index contributed by atoms with van der Waals surface area (Å²) in [5.41, 5.74) is 4.59. The number of pyridine rings is 1. The Morgan fingerprint density at radius 2 is 1.81 bits per heavy atom. The minimum atomic E-state index is -0.445. The van der Waals surface area contributed by atoms with Crippen LogP contribution in [-0.2, 0) is 21.3 Å². The Labute approximate surface area is 182 Å². The van der Waals surface area contributed by atoms with E-state index in [2.05, 4.69) is 42.2 Å². The molecule has 31 heavy (non-hydrogen) atoms.